The number of amides is 2. The van der Waals surface area contributed by atoms with E-state index in [2.05, 4.69) is 15.9 Å². The first-order chi connectivity index (χ1) is 20.2. The monoisotopic (exact) mass is 600 g/mol. The number of esters is 1. The largest absolute Gasteiger partial charge is 0.465 e. The van der Waals surface area contributed by atoms with E-state index in [-0.39, 0.29) is 22.9 Å². The van der Waals surface area contributed by atoms with Crippen LogP contribution in [0.3, 0.4) is 0 Å². The number of carbonyl (C=O) groups excluding carboxylic acids is 2. The molecule has 2 aromatic carbocycles. The summed E-state index contributed by atoms with van der Waals surface area (Å²) in [6.07, 6.45) is -3.25. The molecule has 1 atom stereocenters. The summed E-state index contributed by atoms with van der Waals surface area (Å²) in [4.78, 5) is 31.5. The molecule has 0 bridgehead atoms. The highest BCUT2D eigenvalue weighted by Gasteiger charge is 2.47. The highest BCUT2D eigenvalue weighted by molar-refractivity contribution is 5.99. The Labute approximate surface area is 249 Å². The zero-order chi connectivity index (χ0) is 32.1. The van der Waals surface area contributed by atoms with Crippen LogP contribution in [0.4, 0.5) is 23.7 Å². The van der Waals surface area contributed by atoms with Crippen LogP contribution in [-0.2, 0) is 22.1 Å². The SMILES string of the molecule is COC(=O)C1=C(C)[N+](c2cccc(C(F)(F)F)c2)=C(N)N(C(N)=O)[C@@H]1c1ccc(C#N)cc1CCN(C)CCCN(C)C. The van der Waals surface area contributed by atoms with Crippen molar-refractivity contribution >= 4 is 23.6 Å². The van der Waals surface area contributed by atoms with Crippen LogP contribution in [0.1, 0.15) is 41.6 Å². The lowest BCUT2D eigenvalue weighted by atomic mass is 9.88. The minimum atomic E-state index is -4.65. The van der Waals surface area contributed by atoms with Crippen LogP contribution < -0.4 is 11.5 Å². The number of hydrogen-bond donors (Lipinski definition) is 2. The maximum atomic E-state index is 13.6. The number of hydrogen-bond acceptors (Lipinski definition) is 7. The Morgan fingerprint density at radius 3 is 2.40 bits per heavy atom. The number of ether oxygens (including phenoxy) is 1. The Morgan fingerprint density at radius 1 is 1.12 bits per heavy atom. The van der Waals surface area contributed by atoms with Gasteiger partial charge in [0.1, 0.15) is 17.3 Å². The summed E-state index contributed by atoms with van der Waals surface area (Å²) in [6, 6.07) is 9.11. The van der Waals surface area contributed by atoms with Gasteiger partial charge in [-0.05, 0) is 95.5 Å². The zero-order valence-corrected chi connectivity index (χ0v) is 24.9. The lowest BCUT2D eigenvalue weighted by Gasteiger charge is -2.33. The van der Waals surface area contributed by atoms with Crippen molar-refractivity contribution < 1.29 is 32.1 Å². The van der Waals surface area contributed by atoms with Gasteiger partial charge in [0.2, 0.25) is 0 Å². The lowest BCUT2D eigenvalue weighted by molar-refractivity contribution is -0.396. The molecule has 1 aliphatic heterocycles. The number of nitrogens with zero attached hydrogens (tertiary/aromatic N) is 5. The van der Waals surface area contributed by atoms with Gasteiger partial charge in [0.05, 0.1) is 30.0 Å². The number of urea groups is 1. The molecular formula is C30H37F3N7O3+. The number of nitrogens with two attached hydrogens (primary N) is 2. The van der Waals surface area contributed by atoms with Crippen molar-refractivity contribution in [2.45, 2.75) is 32.0 Å². The first kappa shape index (κ1) is 33.1. The smallest absolute Gasteiger partial charge is 0.416 e. The van der Waals surface area contributed by atoms with Gasteiger partial charge in [-0.15, -0.1) is 0 Å². The van der Waals surface area contributed by atoms with Crippen molar-refractivity contribution in [3.63, 3.8) is 0 Å². The molecule has 1 heterocycles. The van der Waals surface area contributed by atoms with Gasteiger partial charge in [0, 0.05) is 6.54 Å². The Hall–Kier alpha value is -4.41. The van der Waals surface area contributed by atoms with Crippen molar-refractivity contribution in [2.75, 3.05) is 47.9 Å². The minimum Gasteiger partial charge on any atom is -0.465 e. The summed E-state index contributed by atoms with van der Waals surface area (Å²) >= 11 is 0. The van der Waals surface area contributed by atoms with Crippen molar-refractivity contribution in [3.8, 4) is 6.07 Å². The lowest BCUT2D eigenvalue weighted by Crippen LogP contribution is -2.54. The van der Waals surface area contributed by atoms with Crippen LogP contribution >= 0.6 is 0 Å². The molecule has 3 rings (SSSR count). The molecule has 0 unspecified atom stereocenters. The molecular weight excluding hydrogens is 563 g/mol. The van der Waals surface area contributed by atoms with Crippen LogP contribution in [0.5, 0.6) is 0 Å². The number of nitriles is 1. The quantitative estimate of drug-likeness (QED) is 0.315. The van der Waals surface area contributed by atoms with Crippen molar-refractivity contribution in [1.29, 1.82) is 5.26 Å². The molecule has 0 aliphatic carbocycles. The first-order valence-electron chi connectivity index (χ1n) is 13.5. The Bertz CT molecular complexity index is 1480. The number of guanidine groups is 1. The fourth-order valence-corrected chi connectivity index (χ4v) is 5.15. The molecule has 0 aromatic heterocycles. The summed E-state index contributed by atoms with van der Waals surface area (Å²) < 4.78 is 46.9. The topological polar surface area (TPSA) is 132 Å². The number of allylic oxidation sites excluding steroid dienone is 1. The van der Waals surface area contributed by atoms with Gasteiger partial charge in [-0.1, -0.05) is 12.1 Å². The maximum absolute atomic E-state index is 13.6. The highest BCUT2D eigenvalue weighted by atomic mass is 19.4. The molecule has 0 fully saturated rings. The number of halogens is 3. The van der Waals surface area contributed by atoms with E-state index in [1.54, 1.807) is 18.2 Å². The van der Waals surface area contributed by atoms with Gasteiger partial charge < -0.3 is 20.3 Å². The number of benzene rings is 2. The van der Waals surface area contributed by atoms with Crippen molar-refractivity contribution in [2.24, 2.45) is 11.5 Å². The molecule has 0 saturated heterocycles. The van der Waals surface area contributed by atoms with E-state index >= 15 is 0 Å². The summed E-state index contributed by atoms with van der Waals surface area (Å²) in [7, 11) is 7.13. The van der Waals surface area contributed by atoms with Gasteiger partial charge in [0.25, 0.3) is 0 Å². The maximum Gasteiger partial charge on any atom is 0.416 e. The highest BCUT2D eigenvalue weighted by Crippen LogP contribution is 2.40. The number of alkyl halides is 3. The normalized spacial score (nSPS) is 15.7. The fourth-order valence-electron chi connectivity index (χ4n) is 5.15. The van der Waals surface area contributed by atoms with Gasteiger partial charge in [-0.2, -0.15) is 23.3 Å². The number of methoxy groups -OCH3 is 1. The van der Waals surface area contributed by atoms with Crippen molar-refractivity contribution in [1.82, 2.24) is 14.7 Å². The standard InChI is InChI=1S/C30H36F3N7O3/c1-19-25(27(41)43-5)26(24-11-10-20(18-34)16-21(24)12-15-38(4)14-7-13-37(2)3)40(29(36)42)28(35)39(19)23-9-6-8-22(17-23)30(31,32)33/h6,8-11,16-17,26,35H,7,12-15H2,1-5H3,(H2,36,42)/p+1/t26-/m1/s1. The molecule has 10 nitrogen and oxygen atoms in total. The van der Waals surface area contributed by atoms with E-state index < -0.39 is 29.8 Å². The van der Waals surface area contributed by atoms with Gasteiger partial charge in [-0.25, -0.2) is 14.2 Å². The summed E-state index contributed by atoms with van der Waals surface area (Å²) in [6.45, 7) is 3.84. The molecule has 0 spiro atoms. The van der Waals surface area contributed by atoms with E-state index in [1.807, 2.05) is 21.1 Å². The second kappa shape index (κ2) is 13.7. The molecule has 1 aliphatic rings. The van der Waals surface area contributed by atoms with E-state index in [0.29, 0.717) is 29.7 Å². The van der Waals surface area contributed by atoms with E-state index in [4.69, 9.17) is 16.2 Å². The number of likely N-dealkylation sites (N-methyl/N-ethyl adjacent to an activating group) is 1. The van der Waals surface area contributed by atoms with Crippen LogP contribution in [0, 0.1) is 11.3 Å². The predicted molar refractivity (Wildman–Crippen MR) is 155 cm³/mol. The summed E-state index contributed by atoms with van der Waals surface area (Å²) in [5, 5.41) is 9.61. The molecule has 4 N–H and O–H groups in total. The summed E-state index contributed by atoms with van der Waals surface area (Å²) in [5.41, 5.74) is 13.0. The van der Waals surface area contributed by atoms with Crippen LogP contribution in [0.15, 0.2) is 53.7 Å². The average molecular weight is 601 g/mol. The first-order valence-corrected chi connectivity index (χ1v) is 13.5. The van der Waals surface area contributed by atoms with Gasteiger partial charge >= 0.3 is 24.1 Å². The zero-order valence-electron chi connectivity index (χ0n) is 24.9. The molecule has 0 saturated carbocycles. The van der Waals surface area contributed by atoms with Gasteiger partial charge in [-0.3, -0.25) is 5.73 Å². The third-order valence-corrected chi connectivity index (χ3v) is 7.28. The molecule has 230 valence electrons. The third kappa shape index (κ3) is 7.52. The molecule has 0 radical (unpaired) electrons. The molecule has 2 aromatic rings. The predicted octanol–water partition coefficient (Wildman–Crippen LogP) is 3.54. The second-order valence-corrected chi connectivity index (χ2v) is 10.6. The Kier molecular flexibility index (Phi) is 10.6. The van der Waals surface area contributed by atoms with E-state index in [1.165, 1.54) is 23.6 Å². The third-order valence-electron chi connectivity index (χ3n) is 7.28. The Morgan fingerprint density at radius 2 is 1.81 bits per heavy atom. The molecule has 43 heavy (non-hydrogen) atoms. The van der Waals surface area contributed by atoms with E-state index in [0.717, 1.165) is 43.7 Å². The molecule has 13 heteroatoms. The Balaban J connectivity index is 2.19. The number of carbonyl (C=O) groups is 2. The number of rotatable bonds is 10. The van der Waals surface area contributed by atoms with E-state index in [9.17, 15) is 28.0 Å². The summed E-state index contributed by atoms with van der Waals surface area (Å²) in [5.74, 6) is -1.12. The van der Waals surface area contributed by atoms with Crippen molar-refractivity contribution in [3.05, 3.63) is 76.0 Å². The molecule has 2 amide bonds. The number of primary amides is 1. The van der Waals surface area contributed by atoms with Crippen LogP contribution in [0.2, 0.25) is 0 Å². The second-order valence-electron chi connectivity index (χ2n) is 10.6. The fraction of sp³-hybridized carbons (Fsp3) is 0.400. The van der Waals surface area contributed by atoms with Crippen LogP contribution in [-0.4, -0.2) is 85.1 Å². The van der Waals surface area contributed by atoms with Crippen LogP contribution in [0.25, 0.3) is 0 Å². The van der Waals surface area contributed by atoms with Gasteiger partial charge in [0.15, 0.2) is 0 Å². The average Bonchev–Trinajstić information content (AvgIpc) is 2.94. The minimum absolute atomic E-state index is 0.0321.